The fourth-order valence-electron chi connectivity index (χ4n) is 3.30. The minimum atomic E-state index is -0.203. The number of fused-ring (bicyclic) bond motifs is 1. The lowest BCUT2D eigenvalue weighted by Crippen LogP contribution is -2.35. The van der Waals surface area contributed by atoms with E-state index in [2.05, 4.69) is 17.1 Å². The third kappa shape index (κ3) is 4.06. The molecule has 0 unspecified atom stereocenters. The maximum Gasteiger partial charge on any atom is 0.255 e. The summed E-state index contributed by atoms with van der Waals surface area (Å²) in [6.45, 7) is 6.31. The molecule has 24 heavy (non-hydrogen) atoms. The van der Waals surface area contributed by atoms with E-state index >= 15 is 0 Å². The molecule has 0 aliphatic carbocycles. The van der Waals surface area contributed by atoms with Crippen LogP contribution in [0.15, 0.2) is 36.4 Å². The molecule has 128 valence electrons. The molecule has 1 heterocycles. The number of benzene rings is 2. The van der Waals surface area contributed by atoms with Crippen molar-refractivity contribution >= 4 is 16.7 Å². The first-order valence-electron chi connectivity index (χ1n) is 8.86. The molecule has 1 fully saturated rings. The number of hydrogen-bond donors (Lipinski definition) is 2. The molecule has 3 rings (SSSR count). The first-order valence-corrected chi connectivity index (χ1v) is 8.86. The molecule has 0 radical (unpaired) electrons. The van der Waals surface area contributed by atoms with Crippen molar-refractivity contribution in [1.29, 1.82) is 0 Å². The first-order chi connectivity index (χ1) is 11.6. The van der Waals surface area contributed by atoms with Gasteiger partial charge in [-0.3, -0.25) is 4.79 Å². The zero-order chi connectivity index (χ0) is 16.9. The van der Waals surface area contributed by atoms with Crippen LogP contribution in [0.25, 0.3) is 10.8 Å². The third-order valence-electron chi connectivity index (χ3n) is 4.92. The van der Waals surface area contributed by atoms with Gasteiger partial charge in [-0.25, -0.2) is 0 Å². The van der Waals surface area contributed by atoms with E-state index in [0.29, 0.717) is 12.1 Å². The highest BCUT2D eigenvalue weighted by molar-refractivity contribution is 6.01. The number of amides is 1. The Morgan fingerprint density at radius 1 is 1.21 bits per heavy atom. The van der Waals surface area contributed by atoms with Crippen LogP contribution in [0.2, 0.25) is 0 Å². The van der Waals surface area contributed by atoms with E-state index in [1.807, 2.05) is 24.3 Å². The van der Waals surface area contributed by atoms with Gasteiger partial charge in [-0.2, -0.15) is 0 Å². The van der Waals surface area contributed by atoms with Gasteiger partial charge in [-0.05, 0) is 67.7 Å². The van der Waals surface area contributed by atoms with Gasteiger partial charge < -0.3 is 15.3 Å². The van der Waals surface area contributed by atoms with Crippen molar-refractivity contribution in [2.75, 3.05) is 26.2 Å². The van der Waals surface area contributed by atoms with Crippen molar-refractivity contribution in [2.24, 2.45) is 5.92 Å². The van der Waals surface area contributed by atoms with Crippen molar-refractivity contribution in [3.8, 4) is 5.75 Å². The quantitative estimate of drug-likeness (QED) is 0.828. The van der Waals surface area contributed by atoms with Crippen molar-refractivity contribution < 1.29 is 9.90 Å². The lowest BCUT2D eigenvalue weighted by atomic mass is 9.99. The summed E-state index contributed by atoms with van der Waals surface area (Å²) < 4.78 is 0. The van der Waals surface area contributed by atoms with Crippen LogP contribution in [0, 0.1) is 5.92 Å². The van der Waals surface area contributed by atoms with E-state index in [1.165, 1.54) is 25.9 Å². The number of piperidine rings is 1. The van der Waals surface area contributed by atoms with Gasteiger partial charge in [-0.15, -0.1) is 0 Å². The summed E-state index contributed by atoms with van der Waals surface area (Å²) in [5.74, 6) is 0.679. The molecule has 0 spiro atoms. The molecule has 4 nitrogen and oxygen atoms in total. The lowest BCUT2D eigenvalue weighted by molar-refractivity contribution is 0.0948. The lowest BCUT2D eigenvalue weighted by Gasteiger charge is -2.30. The summed E-state index contributed by atoms with van der Waals surface area (Å²) in [5.41, 5.74) is 0.348. The van der Waals surface area contributed by atoms with E-state index in [0.717, 1.165) is 29.7 Å². The van der Waals surface area contributed by atoms with Crippen LogP contribution in [0.5, 0.6) is 5.75 Å². The highest BCUT2D eigenvalue weighted by Crippen LogP contribution is 2.24. The summed E-state index contributed by atoms with van der Waals surface area (Å²) in [4.78, 5) is 14.8. The fourth-order valence-corrected chi connectivity index (χ4v) is 3.30. The number of rotatable bonds is 5. The molecule has 2 aromatic rings. The van der Waals surface area contributed by atoms with Gasteiger partial charge in [-0.1, -0.05) is 31.2 Å². The Labute approximate surface area is 143 Å². The second kappa shape index (κ2) is 7.67. The molecular weight excluding hydrogens is 300 g/mol. The average molecular weight is 326 g/mol. The molecule has 1 aliphatic rings. The van der Waals surface area contributed by atoms with Crippen molar-refractivity contribution in [1.82, 2.24) is 10.2 Å². The van der Waals surface area contributed by atoms with Crippen LogP contribution in [0.3, 0.4) is 0 Å². The Bertz CT molecular complexity index is 706. The second-order valence-electron chi connectivity index (χ2n) is 6.85. The Morgan fingerprint density at radius 2 is 1.88 bits per heavy atom. The molecule has 0 atom stereocenters. The molecule has 1 aliphatic heterocycles. The van der Waals surface area contributed by atoms with Crippen LogP contribution in [0.1, 0.15) is 36.5 Å². The normalized spacial score (nSPS) is 16.4. The number of nitrogens with zero attached hydrogens (tertiary/aromatic N) is 1. The second-order valence-corrected chi connectivity index (χ2v) is 6.85. The minimum absolute atomic E-state index is 0.0382. The minimum Gasteiger partial charge on any atom is -0.507 e. The molecular formula is C20H26N2O2. The van der Waals surface area contributed by atoms with Crippen LogP contribution in [0.4, 0.5) is 0 Å². The van der Waals surface area contributed by atoms with E-state index < -0.39 is 0 Å². The number of carbonyl (C=O) groups is 1. The Kier molecular flexibility index (Phi) is 5.36. The van der Waals surface area contributed by atoms with Gasteiger partial charge in [0.15, 0.2) is 0 Å². The van der Waals surface area contributed by atoms with E-state index in [-0.39, 0.29) is 11.7 Å². The number of aromatic hydroxyl groups is 1. The van der Waals surface area contributed by atoms with Crippen molar-refractivity contribution in [3.63, 3.8) is 0 Å². The van der Waals surface area contributed by atoms with Gasteiger partial charge >= 0.3 is 0 Å². The Morgan fingerprint density at radius 3 is 2.58 bits per heavy atom. The third-order valence-corrected chi connectivity index (χ3v) is 4.92. The highest BCUT2D eigenvalue weighted by Gasteiger charge is 2.15. The molecule has 4 heteroatoms. The zero-order valence-electron chi connectivity index (χ0n) is 14.3. The molecule has 0 aromatic heterocycles. The molecule has 2 aromatic carbocycles. The predicted molar refractivity (Wildman–Crippen MR) is 97.4 cm³/mol. The van der Waals surface area contributed by atoms with Crippen molar-refractivity contribution in [3.05, 3.63) is 42.0 Å². The molecule has 0 saturated carbocycles. The number of hydrogen-bond acceptors (Lipinski definition) is 3. The van der Waals surface area contributed by atoms with E-state index in [4.69, 9.17) is 0 Å². The molecule has 0 bridgehead atoms. The van der Waals surface area contributed by atoms with Gasteiger partial charge in [0.2, 0.25) is 0 Å². The maximum atomic E-state index is 12.3. The number of phenols is 1. The number of likely N-dealkylation sites (tertiary alicyclic amines) is 1. The van der Waals surface area contributed by atoms with E-state index in [1.54, 1.807) is 12.1 Å². The number of carbonyl (C=O) groups excluding carboxylic acids is 1. The number of nitrogens with one attached hydrogen (secondary N) is 1. The maximum absolute atomic E-state index is 12.3. The van der Waals surface area contributed by atoms with Gasteiger partial charge in [0.05, 0.1) is 5.56 Å². The SMILES string of the molecule is CC1CCN(CCCNC(=O)c2cc3ccccc3cc2O)CC1. The van der Waals surface area contributed by atoms with Gasteiger partial charge in [0, 0.05) is 6.54 Å². The average Bonchev–Trinajstić information content (AvgIpc) is 2.59. The first kappa shape index (κ1) is 16.8. The summed E-state index contributed by atoms with van der Waals surface area (Å²) in [5, 5.41) is 14.9. The van der Waals surface area contributed by atoms with Gasteiger partial charge in [0.1, 0.15) is 5.75 Å². The van der Waals surface area contributed by atoms with E-state index in [9.17, 15) is 9.90 Å². The molecule has 1 saturated heterocycles. The smallest absolute Gasteiger partial charge is 0.255 e. The largest absolute Gasteiger partial charge is 0.507 e. The van der Waals surface area contributed by atoms with Crippen molar-refractivity contribution in [2.45, 2.75) is 26.2 Å². The highest BCUT2D eigenvalue weighted by atomic mass is 16.3. The summed E-state index contributed by atoms with van der Waals surface area (Å²) in [6.07, 6.45) is 3.49. The Balaban J connectivity index is 1.51. The standard InChI is InChI=1S/C20H26N2O2/c1-15-7-11-22(12-8-15)10-4-9-21-20(24)18-13-16-5-2-3-6-17(16)14-19(18)23/h2-3,5-6,13-15,23H,4,7-12H2,1H3,(H,21,24). The van der Waals surface area contributed by atoms with Crippen LogP contribution in [-0.2, 0) is 0 Å². The fraction of sp³-hybridized carbons (Fsp3) is 0.450. The summed E-state index contributed by atoms with van der Waals surface area (Å²) in [6, 6.07) is 11.1. The summed E-state index contributed by atoms with van der Waals surface area (Å²) >= 11 is 0. The van der Waals surface area contributed by atoms with Gasteiger partial charge in [0.25, 0.3) is 5.91 Å². The van der Waals surface area contributed by atoms with Crippen LogP contribution < -0.4 is 5.32 Å². The predicted octanol–water partition coefficient (Wildman–Crippen LogP) is 3.40. The number of phenolic OH excluding ortho intramolecular Hbond substituents is 1. The molecule has 2 N–H and O–H groups in total. The topological polar surface area (TPSA) is 52.6 Å². The molecule has 1 amide bonds. The monoisotopic (exact) mass is 326 g/mol. The van der Waals surface area contributed by atoms with Crippen LogP contribution in [-0.4, -0.2) is 42.1 Å². The zero-order valence-corrected chi connectivity index (χ0v) is 14.3. The summed E-state index contributed by atoms with van der Waals surface area (Å²) in [7, 11) is 0. The Hall–Kier alpha value is -2.07. The van der Waals surface area contributed by atoms with Crippen LogP contribution >= 0.6 is 0 Å².